The van der Waals surface area contributed by atoms with Crippen molar-refractivity contribution in [3.63, 3.8) is 0 Å². The van der Waals surface area contributed by atoms with Crippen molar-refractivity contribution >= 4 is 17.7 Å². The molecule has 0 aromatic carbocycles. The van der Waals surface area contributed by atoms with Crippen LogP contribution in [0.15, 0.2) is 0 Å². The van der Waals surface area contributed by atoms with Crippen LogP contribution in [0.25, 0.3) is 0 Å². The maximum atomic E-state index is 9.58. The van der Waals surface area contributed by atoms with Gasteiger partial charge in [0.2, 0.25) is 5.91 Å². The van der Waals surface area contributed by atoms with E-state index in [1.54, 1.807) is 0 Å². The summed E-state index contributed by atoms with van der Waals surface area (Å²) in [4.78, 5) is 28.0. The molecule has 8 N–H and O–H groups in total. The monoisotopic (exact) mass is 224 g/mol. The predicted molar refractivity (Wildman–Crippen MR) is 56.0 cm³/mol. The first-order valence-electron chi connectivity index (χ1n) is 3.71. The number of carbonyl (C=O) groups is 3. The van der Waals surface area contributed by atoms with E-state index in [1.165, 1.54) is 20.8 Å². The maximum Gasteiger partial charge on any atom is 0.300 e. The fourth-order valence-corrected chi connectivity index (χ4v) is 0. The molecule has 0 aromatic rings. The van der Waals surface area contributed by atoms with E-state index in [4.69, 9.17) is 9.90 Å². The van der Waals surface area contributed by atoms with Gasteiger partial charge in [-0.3, -0.25) is 26.7 Å². The Kier molecular flexibility index (Phi) is 35.6. The molecule has 92 valence electrons. The lowest BCUT2D eigenvalue weighted by atomic mass is 10.6. The Hall–Kier alpha value is -1.51. The van der Waals surface area contributed by atoms with Crippen LogP contribution in [-0.2, 0) is 14.4 Å². The molecule has 0 aliphatic heterocycles. The second-order valence-electron chi connectivity index (χ2n) is 2.13. The summed E-state index contributed by atoms with van der Waals surface area (Å²) in [6, 6.07) is 0. The lowest BCUT2D eigenvalue weighted by molar-refractivity contribution is -0.134. The number of rotatable bonds is 0. The van der Waals surface area contributed by atoms with Gasteiger partial charge in [0, 0.05) is 13.8 Å². The molecule has 0 radical (unpaired) electrons. The van der Waals surface area contributed by atoms with Crippen LogP contribution >= 0.6 is 0 Å². The van der Waals surface area contributed by atoms with Crippen LogP contribution in [0, 0.1) is 0 Å². The molecule has 8 heteroatoms. The standard InChI is InChI=1S/C3H6O.C2H6N2O.C2H4O2.H4N2/c1-3(2)4;1-2(5)4-3;1-2(3)4;1-2/h1-2H3;3H2,1H3,(H,4,5);1H3,(H,3,4);1-2H2. The Morgan fingerprint density at radius 3 is 1.07 bits per heavy atom. The summed E-state index contributed by atoms with van der Waals surface area (Å²) in [5.74, 6) is 11.7. The van der Waals surface area contributed by atoms with Crippen molar-refractivity contribution in [3.8, 4) is 0 Å². The molecule has 0 atom stereocenters. The lowest BCUT2D eigenvalue weighted by Crippen LogP contribution is -2.26. The Bertz CT molecular complexity index is 152. The first kappa shape index (κ1) is 23.4. The zero-order valence-corrected chi connectivity index (χ0v) is 9.40. The summed E-state index contributed by atoms with van der Waals surface area (Å²) in [6.07, 6.45) is 0. The maximum absolute atomic E-state index is 9.58. The molecule has 0 heterocycles. The summed E-state index contributed by atoms with van der Waals surface area (Å²) >= 11 is 0. The number of Topliss-reactive ketones (excluding diaryl/α,β-unsaturated/α-hetero) is 1. The number of carbonyl (C=O) groups excluding carboxylic acids is 2. The smallest absolute Gasteiger partial charge is 0.300 e. The fraction of sp³-hybridized carbons (Fsp3) is 0.571. The number of hydrogen-bond donors (Lipinski definition) is 5. The van der Waals surface area contributed by atoms with E-state index in [9.17, 15) is 9.59 Å². The molecule has 0 fully saturated rings. The molecule has 0 saturated carbocycles. The summed E-state index contributed by atoms with van der Waals surface area (Å²) in [5, 5.41) is 7.42. The van der Waals surface area contributed by atoms with Crippen LogP contribution in [0.4, 0.5) is 0 Å². The number of ketones is 1. The molecule has 1 amide bonds. The third-order valence-corrected chi connectivity index (χ3v) is 0.203. The van der Waals surface area contributed by atoms with Gasteiger partial charge in [-0.25, -0.2) is 5.84 Å². The molecule has 0 spiro atoms. The molecular formula is C7H20N4O4. The Morgan fingerprint density at radius 2 is 1.07 bits per heavy atom. The fourth-order valence-electron chi connectivity index (χ4n) is 0. The van der Waals surface area contributed by atoms with Gasteiger partial charge in [-0.05, 0) is 13.8 Å². The first-order chi connectivity index (χ1) is 6.73. The van der Waals surface area contributed by atoms with Crippen LogP contribution in [-0.4, -0.2) is 22.8 Å². The van der Waals surface area contributed by atoms with E-state index in [-0.39, 0.29) is 11.7 Å². The number of hydrazine groups is 2. The third-order valence-electron chi connectivity index (χ3n) is 0.203. The molecule has 0 saturated heterocycles. The van der Waals surface area contributed by atoms with Gasteiger partial charge in [0.05, 0.1) is 0 Å². The third kappa shape index (κ3) is 5720. The van der Waals surface area contributed by atoms with Crippen LogP contribution in [0.3, 0.4) is 0 Å². The molecule has 0 bridgehead atoms. The van der Waals surface area contributed by atoms with Crippen molar-refractivity contribution in [1.29, 1.82) is 0 Å². The van der Waals surface area contributed by atoms with Crippen molar-refractivity contribution in [3.05, 3.63) is 0 Å². The largest absolute Gasteiger partial charge is 0.481 e. The Morgan fingerprint density at radius 1 is 1.00 bits per heavy atom. The van der Waals surface area contributed by atoms with E-state index in [2.05, 4.69) is 17.5 Å². The SMILES string of the molecule is CC(=O)NN.CC(=O)O.CC(C)=O.NN. The number of nitrogens with two attached hydrogens (primary N) is 3. The van der Waals surface area contributed by atoms with E-state index < -0.39 is 5.97 Å². The van der Waals surface area contributed by atoms with Crippen LogP contribution in [0.5, 0.6) is 0 Å². The Labute approximate surface area is 88.7 Å². The molecular weight excluding hydrogens is 204 g/mol. The number of carboxylic acid groups (broad SMARTS) is 1. The topological polar surface area (TPSA) is 162 Å². The average molecular weight is 224 g/mol. The van der Waals surface area contributed by atoms with Crippen LogP contribution < -0.4 is 23.0 Å². The van der Waals surface area contributed by atoms with E-state index in [1.807, 2.05) is 5.43 Å². The number of amides is 1. The average Bonchev–Trinajstić information content (AvgIpc) is 2.06. The number of aliphatic carboxylic acids is 1. The number of hydrogen-bond acceptors (Lipinski definition) is 6. The van der Waals surface area contributed by atoms with Crippen molar-refractivity contribution in [2.45, 2.75) is 27.7 Å². The van der Waals surface area contributed by atoms with Gasteiger partial charge >= 0.3 is 0 Å². The quantitative estimate of drug-likeness (QED) is 0.190. The molecule has 8 nitrogen and oxygen atoms in total. The summed E-state index contributed by atoms with van der Waals surface area (Å²) in [6.45, 7) is 5.49. The first-order valence-corrected chi connectivity index (χ1v) is 3.71. The molecule has 0 aromatic heterocycles. The lowest BCUT2D eigenvalue weighted by Gasteiger charge is -1.80. The van der Waals surface area contributed by atoms with E-state index in [0.29, 0.717) is 0 Å². The number of nitrogens with one attached hydrogen (secondary N) is 1. The minimum atomic E-state index is -0.833. The van der Waals surface area contributed by atoms with Gasteiger partial charge in [0.15, 0.2) is 0 Å². The van der Waals surface area contributed by atoms with Crippen molar-refractivity contribution in [2.75, 3.05) is 0 Å². The highest BCUT2D eigenvalue weighted by atomic mass is 16.4. The molecule has 0 aliphatic carbocycles. The van der Waals surface area contributed by atoms with Gasteiger partial charge in [-0.15, -0.1) is 0 Å². The second-order valence-corrected chi connectivity index (χ2v) is 2.13. The van der Waals surface area contributed by atoms with Gasteiger partial charge in [-0.1, -0.05) is 0 Å². The van der Waals surface area contributed by atoms with Gasteiger partial charge in [-0.2, -0.15) is 0 Å². The van der Waals surface area contributed by atoms with Gasteiger partial charge < -0.3 is 9.90 Å². The molecule has 0 rings (SSSR count). The molecule has 15 heavy (non-hydrogen) atoms. The summed E-state index contributed by atoms with van der Waals surface area (Å²) < 4.78 is 0. The van der Waals surface area contributed by atoms with E-state index >= 15 is 0 Å². The van der Waals surface area contributed by atoms with Crippen LogP contribution in [0.1, 0.15) is 27.7 Å². The summed E-state index contributed by atoms with van der Waals surface area (Å²) in [7, 11) is 0. The van der Waals surface area contributed by atoms with Crippen molar-refractivity contribution in [2.24, 2.45) is 17.5 Å². The zero-order valence-electron chi connectivity index (χ0n) is 9.40. The minimum Gasteiger partial charge on any atom is -0.481 e. The summed E-state index contributed by atoms with van der Waals surface area (Å²) in [5.41, 5.74) is 1.89. The van der Waals surface area contributed by atoms with Crippen molar-refractivity contribution < 1.29 is 19.5 Å². The highest BCUT2D eigenvalue weighted by Crippen LogP contribution is 1.50. The predicted octanol–water partition coefficient (Wildman–Crippen LogP) is -1.50. The van der Waals surface area contributed by atoms with Gasteiger partial charge in [0.25, 0.3) is 5.97 Å². The second kappa shape index (κ2) is 22.9. The molecule has 0 unspecified atom stereocenters. The zero-order chi connectivity index (χ0) is 13.4. The van der Waals surface area contributed by atoms with Crippen molar-refractivity contribution in [1.82, 2.24) is 5.43 Å². The van der Waals surface area contributed by atoms with Gasteiger partial charge in [0.1, 0.15) is 5.78 Å². The van der Waals surface area contributed by atoms with E-state index in [0.717, 1.165) is 6.92 Å². The van der Waals surface area contributed by atoms with Crippen LogP contribution in [0.2, 0.25) is 0 Å². The minimum absolute atomic E-state index is 0.167. The highest BCUT2D eigenvalue weighted by molar-refractivity contribution is 5.72. The normalized spacial score (nSPS) is 6.07. The Balaban J connectivity index is -0.0000000562. The number of carboxylic acids is 1. The molecule has 0 aliphatic rings. The highest BCUT2D eigenvalue weighted by Gasteiger charge is 1.73.